The monoisotopic (exact) mass is 343 g/mol. The lowest BCUT2D eigenvalue weighted by molar-refractivity contribution is 0.0699. The van der Waals surface area contributed by atoms with Gasteiger partial charge in [0.05, 0.1) is 11.8 Å². The number of rotatable bonds is 5. The Labute approximate surface area is 144 Å². The van der Waals surface area contributed by atoms with Gasteiger partial charge in [0, 0.05) is 24.1 Å². The zero-order valence-electron chi connectivity index (χ0n) is 14.1. The lowest BCUT2D eigenvalue weighted by Crippen LogP contribution is -2.07. The van der Waals surface area contributed by atoms with E-state index in [1.165, 1.54) is 24.3 Å². The first kappa shape index (κ1) is 16.8. The molecule has 0 radical (unpaired) electrons. The summed E-state index contributed by atoms with van der Waals surface area (Å²) in [7, 11) is 1.75. The van der Waals surface area contributed by atoms with Crippen LogP contribution in [-0.4, -0.2) is 24.2 Å². The van der Waals surface area contributed by atoms with Gasteiger partial charge in [0.1, 0.15) is 28.5 Å². The van der Waals surface area contributed by atoms with Crippen LogP contribution in [0.3, 0.4) is 0 Å². The van der Waals surface area contributed by atoms with E-state index in [2.05, 4.69) is 5.32 Å². The molecule has 2 aromatic carbocycles. The van der Waals surface area contributed by atoms with E-state index in [1.54, 1.807) is 19.2 Å². The summed E-state index contributed by atoms with van der Waals surface area (Å²) in [6.07, 6.45) is -0.0682. The second kappa shape index (κ2) is 6.47. The second-order valence-electron chi connectivity index (χ2n) is 5.88. The van der Waals surface area contributed by atoms with Gasteiger partial charge in [-0.3, -0.25) is 0 Å². The summed E-state index contributed by atoms with van der Waals surface area (Å²) >= 11 is 0. The second-order valence-corrected chi connectivity index (χ2v) is 5.88. The number of benzene rings is 2. The van der Waals surface area contributed by atoms with Crippen molar-refractivity contribution in [2.75, 3.05) is 12.4 Å². The number of carbonyl (C=O) groups is 1. The minimum absolute atomic E-state index is 0.0258. The molecule has 0 atom stereocenters. The van der Waals surface area contributed by atoms with Crippen molar-refractivity contribution in [1.29, 1.82) is 0 Å². The molecule has 1 aromatic heterocycles. The van der Waals surface area contributed by atoms with Gasteiger partial charge < -0.3 is 19.6 Å². The summed E-state index contributed by atoms with van der Waals surface area (Å²) in [5, 5.41) is 13.1. The molecule has 0 amide bonds. The summed E-state index contributed by atoms with van der Waals surface area (Å²) in [5.41, 5.74) is 1.62. The number of carboxylic acids is 1. The van der Waals surface area contributed by atoms with Crippen molar-refractivity contribution in [3.05, 3.63) is 47.8 Å². The van der Waals surface area contributed by atoms with E-state index >= 15 is 0 Å². The van der Waals surface area contributed by atoms with E-state index in [1.807, 2.05) is 13.8 Å². The van der Waals surface area contributed by atoms with Crippen molar-refractivity contribution in [3.63, 3.8) is 0 Å². The fraction of sp³-hybridized carbons (Fsp3) is 0.211. The highest BCUT2D eigenvalue weighted by molar-refractivity contribution is 6.09. The Morgan fingerprint density at radius 2 is 1.92 bits per heavy atom. The average molecular weight is 343 g/mol. The van der Waals surface area contributed by atoms with Crippen LogP contribution < -0.4 is 10.1 Å². The molecular formula is C19H18FNO4. The van der Waals surface area contributed by atoms with E-state index in [-0.39, 0.29) is 17.4 Å². The van der Waals surface area contributed by atoms with Gasteiger partial charge in [0.2, 0.25) is 0 Å². The predicted molar refractivity (Wildman–Crippen MR) is 93.9 cm³/mol. The van der Waals surface area contributed by atoms with Crippen LogP contribution >= 0.6 is 0 Å². The highest BCUT2D eigenvalue weighted by atomic mass is 19.1. The number of nitrogens with one attached hydrogen (secondary N) is 1. The smallest absolute Gasteiger partial charge is 0.340 e. The predicted octanol–water partition coefficient (Wildman–Crippen LogP) is 4.77. The molecule has 0 aliphatic carbocycles. The summed E-state index contributed by atoms with van der Waals surface area (Å²) in [4.78, 5) is 11.8. The van der Waals surface area contributed by atoms with Gasteiger partial charge in [-0.05, 0) is 44.2 Å². The zero-order chi connectivity index (χ0) is 18.1. The number of fused-ring (bicyclic) bond motifs is 1. The molecule has 0 aliphatic rings. The van der Waals surface area contributed by atoms with Gasteiger partial charge in [-0.1, -0.05) is 0 Å². The zero-order valence-corrected chi connectivity index (χ0v) is 14.1. The fourth-order valence-corrected chi connectivity index (χ4v) is 2.69. The maximum atomic E-state index is 13.2. The Bertz CT molecular complexity index is 929. The van der Waals surface area contributed by atoms with Crippen molar-refractivity contribution in [2.24, 2.45) is 0 Å². The number of halogens is 1. The van der Waals surface area contributed by atoms with Crippen LogP contribution in [0.1, 0.15) is 24.2 Å². The number of anilines is 1. The number of hydrogen-bond acceptors (Lipinski definition) is 4. The molecule has 0 aliphatic heterocycles. The minimum Gasteiger partial charge on any atom is -0.489 e. The standard InChI is InChI=1S/C19H18FNO4/c1-10(2)24-16-8-13-15(9-14(16)21-3)25-18(17(13)19(22)23)11-4-6-12(20)7-5-11/h4-10,21H,1-3H3,(H,22,23). The van der Waals surface area contributed by atoms with Crippen LogP contribution in [0.4, 0.5) is 10.1 Å². The van der Waals surface area contributed by atoms with Crippen LogP contribution in [0.15, 0.2) is 40.8 Å². The Balaban J connectivity index is 2.26. The van der Waals surface area contributed by atoms with Crippen LogP contribution in [0, 0.1) is 5.82 Å². The van der Waals surface area contributed by atoms with Crippen LogP contribution in [0.5, 0.6) is 5.75 Å². The van der Waals surface area contributed by atoms with E-state index in [4.69, 9.17) is 9.15 Å². The van der Waals surface area contributed by atoms with Crippen molar-refractivity contribution in [1.82, 2.24) is 0 Å². The van der Waals surface area contributed by atoms with Crippen molar-refractivity contribution in [2.45, 2.75) is 20.0 Å². The molecule has 1 heterocycles. The highest BCUT2D eigenvalue weighted by Gasteiger charge is 2.23. The van der Waals surface area contributed by atoms with E-state index in [0.717, 1.165) is 0 Å². The lowest BCUT2D eigenvalue weighted by Gasteiger charge is -2.14. The number of hydrogen-bond donors (Lipinski definition) is 2. The summed E-state index contributed by atoms with van der Waals surface area (Å²) < 4.78 is 24.7. The summed E-state index contributed by atoms with van der Waals surface area (Å²) in [5.74, 6) is -0.794. The molecular weight excluding hydrogens is 325 g/mol. The number of ether oxygens (including phenoxy) is 1. The summed E-state index contributed by atoms with van der Waals surface area (Å²) in [6.45, 7) is 3.78. The highest BCUT2D eigenvalue weighted by Crippen LogP contribution is 2.39. The van der Waals surface area contributed by atoms with Crippen molar-refractivity contribution in [3.8, 4) is 17.1 Å². The third-order valence-electron chi connectivity index (χ3n) is 3.74. The Kier molecular flexibility index (Phi) is 4.35. The molecule has 25 heavy (non-hydrogen) atoms. The van der Waals surface area contributed by atoms with Gasteiger partial charge >= 0.3 is 5.97 Å². The lowest BCUT2D eigenvalue weighted by atomic mass is 10.0. The molecule has 0 saturated carbocycles. The average Bonchev–Trinajstić information content (AvgIpc) is 2.92. The SMILES string of the molecule is CNc1cc2oc(-c3ccc(F)cc3)c(C(=O)O)c2cc1OC(C)C. The first-order valence-corrected chi connectivity index (χ1v) is 7.85. The molecule has 2 N–H and O–H groups in total. The van der Waals surface area contributed by atoms with Crippen LogP contribution in [0.25, 0.3) is 22.3 Å². The normalized spacial score (nSPS) is 11.1. The van der Waals surface area contributed by atoms with Gasteiger partial charge in [-0.15, -0.1) is 0 Å². The molecule has 5 nitrogen and oxygen atoms in total. The Morgan fingerprint density at radius 1 is 1.24 bits per heavy atom. The van der Waals surface area contributed by atoms with Crippen molar-refractivity contribution < 1.29 is 23.4 Å². The molecule has 6 heteroatoms. The maximum Gasteiger partial charge on any atom is 0.340 e. The van der Waals surface area contributed by atoms with Gasteiger partial charge in [-0.25, -0.2) is 9.18 Å². The van der Waals surface area contributed by atoms with E-state index < -0.39 is 11.8 Å². The molecule has 3 rings (SSSR count). The third kappa shape index (κ3) is 3.15. The number of aromatic carboxylic acids is 1. The Hall–Kier alpha value is -3.02. The molecule has 0 unspecified atom stereocenters. The largest absolute Gasteiger partial charge is 0.489 e. The molecule has 3 aromatic rings. The van der Waals surface area contributed by atoms with Gasteiger partial charge in [-0.2, -0.15) is 0 Å². The maximum absolute atomic E-state index is 13.2. The van der Waals surface area contributed by atoms with Crippen LogP contribution in [-0.2, 0) is 0 Å². The third-order valence-corrected chi connectivity index (χ3v) is 3.74. The van der Waals surface area contributed by atoms with E-state index in [0.29, 0.717) is 28.0 Å². The molecule has 130 valence electrons. The van der Waals surface area contributed by atoms with Gasteiger partial charge in [0.25, 0.3) is 0 Å². The summed E-state index contributed by atoms with van der Waals surface area (Å²) in [6, 6.07) is 8.86. The molecule has 0 spiro atoms. The van der Waals surface area contributed by atoms with E-state index in [9.17, 15) is 14.3 Å². The minimum atomic E-state index is -1.12. The quantitative estimate of drug-likeness (QED) is 0.698. The molecule has 0 bridgehead atoms. The molecule has 0 saturated heterocycles. The number of furan rings is 1. The Morgan fingerprint density at radius 3 is 2.48 bits per heavy atom. The topological polar surface area (TPSA) is 71.7 Å². The number of carboxylic acid groups (broad SMARTS) is 1. The fourth-order valence-electron chi connectivity index (χ4n) is 2.69. The first-order chi connectivity index (χ1) is 11.9. The van der Waals surface area contributed by atoms with Crippen molar-refractivity contribution >= 4 is 22.6 Å². The molecule has 0 fully saturated rings. The first-order valence-electron chi connectivity index (χ1n) is 7.85. The van der Waals surface area contributed by atoms with Gasteiger partial charge in [0.15, 0.2) is 0 Å². The van der Waals surface area contributed by atoms with Crippen LogP contribution in [0.2, 0.25) is 0 Å².